The first kappa shape index (κ1) is 9.01. The molecule has 13 heavy (non-hydrogen) atoms. The van der Waals surface area contributed by atoms with E-state index in [1.807, 2.05) is 0 Å². The Kier molecular flexibility index (Phi) is 2.84. The van der Waals surface area contributed by atoms with Crippen LogP contribution in [-0.2, 0) is 0 Å². The molecule has 0 spiro atoms. The second-order valence-electron chi connectivity index (χ2n) is 4.30. The third-order valence-corrected chi connectivity index (χ3v) is 3.27. The molecule has 0 unspecified atom stereocenters. The van der Waals surface area contributed by atoms with Gasteiger partial charge >= 0.3 is 0 Å². The van der Waals surface area contributed by atoms with E-state index >= 15 is 0 Å². The van der Waals surface area contributed by atoms with Crippen molar-refractivity contribution in [2.75, 3.05) is 0 Å². The Morgan fingerprint density at radius 3 is 2.46 bits per heavy atom. The van der Waals surface area contributed by atoms with Crippen LogP contribution >= 0.6 is 0 Å². The Morgan fingerprint density at radius 2 is 1.85 bits per heavy atom. The minimum atomic E-state index is 0.476. The van der Waals surface area contributed by atoms with E-state index in [1.54, 1.807) is 5.57 Å². The Morgan fingerprint density at radius 1 is 1.08 bits per heavy atom. The summed E-state index contributed by atoms with van der Waals surface area (Å²) in [5.74, 6) is 0.816. The van der Waals surface area contributed by atoms with Crippen LogP contribution in [0, 0.1) is 5.92 Å². The van der Waals surface area contributed by atoms with Gasteiger partial charge in [0.05, 0.1) is 0 Å². The quantitative estimate of drug-likeness (QED) is 0.655. The Bertz CT molecular complexity index is 219. The summed E-state index contributed by atoms with van der Waals surface area (Å²) < 4.78 is 0. The molecule has 1 fully saturated rings. The summed E-state index contributed by atoms with van der Waals surface area (Å²) in [4.78, 5) is 0. The number of nitrogens with two attached hydrogens (primary N) is 1. The maximum absolute atomic E-state index is 5.89. The second kappa shape index (κ2) is 4.10. The van der Waals surface area contributed by atoms with Crippen molar-refractivity contribution in [2.45, 2.75) is 44.6 Å². The molecule has 0 bridgehead atoms. The summed E-state index contributed by atoms with van der Waals surface area (Å²) >= 11 is 0. The van der Waals surface area contributed by atoms with Gasteiger partial charge in [-0.1, -0.05) is 18.2 Å². The van der Waals surface area contributed by atoms with Crippen LogP contribution in [0.25, 0.3) is 0 Å². The van der Waals surface area contributed by atoms with Gasteiger partial charge in [-0.2, -0.15) is 0 Å². The third-order valence-electron chi connectivity index (χ3n) is 3.27. The lowest BCUT2D eigenvalue weighted by Gasteiger charge is -2.27. The summed E-state index contributed by atoms with van der Waals surface area (Å²) in [5, 5.41) is 0. The van der Waals surface area contributed by atoms with Crippen molar-refractivity contribution in [2.24, 2.45) is 11.7 Å². The largest absolute Gasteiger partial charge is 0.328 e. The summed E-state index contributed by atoms with van der Waals surface area (Å²) in [6.45, 7) is 0. The number of hydrogen-bond donors (Lipinski definition) is 1. The molecule has 72 valence electrons. The van der Waals surface area contributed by atoms with Crippen molar-refractivity contribution in [3.8, 4) is 0 Å². The molecular formula is C12H19N. The minimum absolute atomic E-state index is 0.476. The fraction of sp³-hybridized carbons (Fsp3) is 0.667. The van der Waals surface area contributed by atoms with Crippen LogP contribution in [0.4, 0.5) is 0 Å². The van der Waals surface area contributed by atoms with E-state index in [4.69, 9.17) is 5.73 Å². The number of allylic oxidation sites excluding steroid dienone is 4. The molecule has 2 aliphatic carbocycles. The van der Waals surface area contributed by atoms with Crippen molar-refractivity contribution in [3.63, 3.8) is 0 Å². The number of rotatable bonds is 1. The van der Waals surface area contributed by atoms with Crippen molar-refractivity contribution >= 4 is 0 Å². The molecule has 2 rings (SSSR count). The molecule has 1 nitrogen and oxygen atoms in total. The lowest BCUT2D eigenvalue weighted by atomic mass is 9.80. The van der Waals surface area contributed by atoms with Crippen LogP contribution in [0.2, 0.25) is 0 Å². The predicted molar refractivity (Wildman–Crippen MR) is 56.4 cm³/mol. The zero-order chi connectivity index (χ0) is 9.10. The summed E-state index contributed by atoms with van der Waals surface area (Å²) in [5.41, 5.74) is 7.47. The van der Waals surface area contributed by atoms with Gasteiger partial charge in [0, 0.05) is 6.04 Å². The van der Waals surface area contributed by atoms with Crippen molar-refractivity contribution < 1.29 is 0 Å². The smallest absolute Gasteiger partial charge is 0.00392 e. The molecule has 2 aliphatic rings. The van der Waals surface area contributed by atoms with E-state index in [1.165, 1.54) is 38.5 Å². The first-order chi connectivity index (χ1) is 6.36. The molecule has 0 atom stereocenters. The SMILES string of the molecule is NC1CCC(C2=CCCC=C2)CC1. The second-order valence-corrected chi connectivity index (χ2v) is 4.30. The topological polar surface area (TPSA) is 26.0 Å². The normalized spacial score (nSPS) is 34.4. The lowest BCUT2D eigenvalue weighted by Crippen LogP contribution is -2.27. The molecule has 0 aliphatic heterocycles. The molecule has 1 heteroatoms. The fourth-order valence-electron chi connectivity index (χ4n) is 2.39. The highest BCUT2D eigenvalue weighted by Crippen LogP contribution is 2.31. The van der Waals surface area contributed by atoms with Crippen LogP contribution in [0.1, 0.15) is 38.5 Å². The highest BCUT2D eigenvalue weighted by atomic mass is 14.6. The van der Waals surface area contributed by atoms with Crippen LogP contribution < -0.4 is 5.73 Å². The van der Waals surface area contributed by atoms with Crippen molar-refractivity contribution in [1.82, 2.24) is 0 Å². The highest BCUT2D eigenvalue weighted by Gasteiger charge is 2.20. The average molecular weight is 177 g/mol. The van der Waals surface area contributed by atoms with Gasteiger partial charge in [0.15, 0.2) is 0 Å². The molecule has 0 amide bonds. The predicted octanol–water partition coefficient (Wildman–Crippen LogP) is 2.78. The Labute approximate surface area is 80.7 Å². The van der Waals surface area contributed by atoms with Gasteiger partial charge in [0.2, 0.25) is 0 Å². The van der Waals surface area contributed by atoms with Gasteiger partial charge in [0.1, 0.15) is 0 Å². The molecule has 1 saturated carbocycles. The molecule has 0 aromatic rings. The van der Waals surface area contributed by atoms with E-state index in [2.05, 4.69) is 18.2 Å². The molecular weight excluding hydrogens is 158 g/mol. The van der Waals surface area contributed by atoms with Crippen molar-refractivity contribution in [1.29, 1.82) is 0 Å². The van der Waals surface area contributed by atoms with Gasteiger partial charge in [-0.25, -0.2) is 0 Å². The van der Waals surface area contributed by atoms with E-state index in [-0.39, 0.29) is 0 Å². The zero-order valence-corrected chi connectivity index (χ0v) is 8.21. The first-order valence-corrected chi connectivity index (χ1v) is 5.48. The maximum atomic E-state index is 5.89. The molecule has 0 aromatic heterocycles. The van der Waals surface area contributed by atoms with Crippen LogP contribution in [-0.4, -0.2) is 6.04 Å². The Hall–Kier alpha value is -0.560. The van der Waals surface area contributed by atoms with E-state index in [0.717, 1.165) is 5.92 Å². The zero-order valence-electron chi connectivity index (χ0n) is 8.21. The van der Waals surface area contributed by atoms with Gasteiger partial charge in [-0.05, 0) is 50.0 Å². The number of hydrogen-bond acceptors (Lipinski definition) is 1. The van der Waals surface area contributed by atoms with Gasteiger partial charge in [-0.3, -0.25) is 0 Å². The molecule has 0 saturated heterocycles. The summed E-state index contributed by atoms with van der Waals surface area (Å²) in [6, 6.07) is 0.476. The average Bonchev–Trinajstić information content (AvgIpc) is 2.20. The Balaban J connectivity index is 1.94. The third kappa shape index (κ3) is 2.22. The minimum Gasteiger partial charge on any atom is -0.328 e. The monoisotopic (exact) mass is 177 g/mol. The fourth-order valence-corrected chi connectivity index (χ4v) is 2.39. The molecule has 0 heterocycles. The molecule has 0 radical (unpaired) electrons. The van der Waals surface area contributed by atoms with E-state index in [9.17, 15) is 0 Å². The lowest BCUT2D eigenvalue weighted by molar-refractivity contribution is 0.365. The summed E-state index contributed by atoms with van der Waals surface area (Å²) in [6.07, 6.45) is 14.6. The van der Waals surface area contributed by atoms with Crippen LogP contribution in [0.15, 0.2) is 23.8 Å². The van der Waals surface area contributed by atoms with E-state index in [0.29, 0.717) is 6.04 Å². The highest BCUT2D eigenvalue weighted by molar-refractivity contribution is 5.25. The maximum Gasteiger partial charge on any atom is 0.00392 e. The van der Waals surface area contributed by atoms with Crippen LogP contribution in [0.3, 0.4) is 0 Å². The standard InChI is InChI=1S/C12H19N/c13-12-8-6-11(7-9-12)10-4-2-1-3-5-10/h2,4-5,11-12H,1,3,6-9,13H2. The first-order valence-electron chi connectivity index (χ1n) is 5.48. The van der Waals surface area contributed by atoms with Gasteiger partial charge in [-0.15, -0.1) is 0 Å². The van der Waals surface area contributed by atoms with Crippen LogP contribution in [0.5, 0.6) is 0 Å². The van der Waals surface area contributed by atoms with Gasteiger partial charge < -0.3 is 5.73 Å². The summed E-state index contributed by atoms with van der Waals surface area (Å²) in [7, 11) is 0. The van der Waals surface area contributed by atoms with Gasteiger partial charge in [0.25, 0.3) is 0 Å². The van der Waals surface area contributed by atoms with Crippen molar-refractivity contribution in [3.05, 3.63) is 23.8 Å². The van der Waals surface area contributed by atoms with E-state index < -0.39 is 0 Å². The molecule has 0 aromatic carbocycles. The molecule has 2 N–H and O–H groups in total.